The van der Waals surface area contributed by atoms with Crippen LogP contribution in [-0.4, -0.2) is 75.2 Å². The Bertz CT molecular complexity index is 405. The normalized spacial score (nSPS) is 26.8. The average molecular weight is 276 g/mol. The molecule has 0 radical (unpaired) electrons. The molecule has 0 spiro atoms. The number of primary sulfonamides is 1. The Morgan fingerprint density at radius 1 is 1.28 bits per heavy atom. The fraction of sp³-hybridized carbons (Fsp3) is 0.900. The summed E-state index contributed by atoms with van der Waals surface area (Å²) in [7, 11) is -3.60. The first-order chi connectivity index (χ1) is 8.47. The fourth-order valence-electron chi connectivity index (χ4n) is 2.37. The second kappa shape index (κ2) is 5.52. The summed E-state index contributed by atoms with van der Waals surface area (Å²) in [6, 6.07) is 0. The molecule has 2 heterocycles. The number of nitrogens with one attached hydrogen (secondary N) is 1. The van der Waals surface area contributed by atoms with Crippen molar-refractivity contribution in [1.82, 2.24) is 15.1 Å². The third kappa shape index (κ3) is 3.41. The lowest BCUT2D eigenvalue weighted by Gasteiger charge is -2.29. The molecule has 7 nitrogen and oxygen atoms in total. The molecule has 104 valence electrons. The summed E-state index contributed by atoms with van der Waals surface area (Å²) in [5, 5.41) is 7.61. The standard InChI is InChI=1S/C10H20N4O3S/c11-18(16,17)9-7-10(15)14(8-9)6-5-13-3-1-12-2-4-13/h9,12H,1-8H2,(H2,11,16,17). The minimum Gasteiger partial charge on any atom is -0.340 e. The molecular weight excluding hydrogens is 256 g/mol. The van der Waals surface area contributed by atoms with Crippen LogP contribution in [0.1, 0.15) is 6.42 Å². The quantitative estimate of drug-likeness (QED) is 0.606. The van der Waals surface area contributed by atoms with Gasteiger partial charge in [-0.25, -0.2) is 13.6 Å². The SMILES string of the molecule is NS(=O)(=O)C1CC(=O)N(CCN2CCNCC2)C1. The van der Waals surface area contributed by atoms with Crippen molar-refractivity contribution in [2.45, 2.75) is 11.7 Å². The maximum atomic E-state index is 11.7. The number of likely N-dealkylation sites (tertiary alicyclic amines) is 1. The molecule has 1 unspecified atom stereocenters. The number of sulfonamides is 1. The van der Waals surface area contributed by atoms with Gasteiger partial charge in [-0.1, -0.05) is 0 Å². The van der Waals surface area contributed by atoms with Crippen molar-refractivity contribution in [3.8, 4) is 0 Å². The van der Waals surface area contributed by atoms with Crippen LogP contribution in [0.25, 0.3) is 0 Å². The van der Waals surface area contributed by atoms with Crippen molar-refractivity contribution >= 4 is 15.9 Å². The van der Waals surface area contributed by atoms with Crippen molar-refractivity contribution < 1.29 is 13.2 Å². The molecule has 2 rings (SSSR count). The first-order valence-electron chi connectivity index (χ1n) is 6.19. The minimum absolute atomic E-state index is 0.0282. The third-order valence-electron chi connectivity index (χ3n) is 3.54. The maximum Gasteiger partial charge on any atom is 0.224 e. The largest absolute Gasteiger partial charge is 0.340 e. The van der Waals surface area contributed by atoms with E-state index in [-0.39, 0.29) is 18.9 Å². The highest BCUT2D eigenvalue weighted by Gasteiger charge is 2.36. The van der Waals surface area contributed by atoms with Gasteiger partial charge in [0.2, 0.25) is 15.9 Å². The van der Waals surface area contributed by atoms with Gasteiger partial charge in [0.25, 0.3) is 0 Å². The van der Waals surface area contributed by atoms with Crippen molar-refractivity contribution in [2.24, 2.45) is 5.14 Å². The molecule has 1 atom stereocenters. The van der Waals surface area contributed by atoms with Gasteiger partial charge in [0.1, 0.15) is 5.25 Å². The Hall–Kier alpha value is -0.700. The summed E-state index contributed by atoms with van der Waals surface area (Å²) in [5.74, 6) is -0.107. The van der Waals surface area contributed by atoms with Crippen LogP contribution in [0.2, 0.25) is 0 Å². The van der Waals surface area contributed by atoms with Crippen molar-refractivity contribution in [3.63, 3.8) is 0 Å². The van der Waals surface area contributed by atoms with Gasteiger partial charge < -0.3 is 10.2 Å². The van der Waals surface area contributed by atoms with E-state index in [1.54, 1.807) is 4.90 Å². The van der Waals surface area contributed by atoms with E-state index >= 15 is 0 Å². The number of rotatable bonds is 4. The number of amides is 1. The van der Waals surface area contributed by atoms with Crippen LogP contribution in [0.15, 0.2) is 0 Å². The Morgan fingerprint density at radius 2 is 1.94 bits per heavy atom. The van der Waals surface area contributed by atoms with Gasteiger partial charge in [-0.15, -0.1) is 0 Å². The van der Waals surface area contributed by atoms with E-state index in [9.17, 15) is 13.2 Å². The predicted molar refractivity (Wildman–Crippen MR) is 67.4 cm³/mol. The van der Waals surface area contributed by atoms with Crippen molar-refractivity contribution in [2.75, 3.05) is 45.8 Å². The second-order valence-electron chi connectivity index (χ2n) is 4.85. The molecule has 0 aliphatic carbocycles. The number of carbonyl (C=O) groups excluding carboxylic acids is 1. The van der Waals surface area contributed by atoms with E-state index in [1.807, 2.05) is 0 Å². The Morgan fingerprint density at radius 3 is 2.50 bits per heavy atom. The van der Waals surface area contributed by atoms with Gasteiger partial charge >= 0.3 is 0 Å². The zero-order chi connectivity index (χ0) is 13.2. The zero-order valence-corrected chi connectivity index (χ0v) is 11.2. The van der Waals surface area contributed by atoms with Crippen LogP contribution in [0.4, 0.5) is 0 Å². The van der Waals surface area contributed by atoms with Crippen LogP contribution >= 0.6 is 0 Å². The summed E-state index contributed by atoms with van der Waals surface area (Å²) in [4.78, 5) is 15.6. The lowest BCUT2D eigenvalue weighted by molar-refractivity contribution is -0.127. The van der Waals surface area contributed by atoms with Gasteiger partial charge in [-0.2, -0.15) is 0 Å². The van der Waals surface area contributed by atoms with Crippen LogP contribution in [0.3, 0.4) is 0 Å². The van der Waals surface area contributed by atoms with E-state index in [0.29, 0.717) is 6.54 Å². The summed E-state index contributed by atoms with van der Waals surface area (Å²) in [6.07, 6.45) is 0.0282. The highest BCUT2D eigenvalue weighted by molar-refractivity contribution is 7.89. The number of carbonyl (C=O) groups is 1. The highest BCUT2D eigenvalue weighted by Crippen LogP contribution is 2.16. The second-order valence-corrected chi connectivity index (χ2v) is 6.69. The molecular formula is C10H20N4O3S. The number of hydrogen-bond donors (Lipinski definition) is 2. The molecule has 0 aromatic carbocycles. The topological polar surface area (TPSA) is 95.7 Å². The lowest BCUT2D eigenvalue weighted by Crippen LogP contribution is -2.46. The molecule has 3 N–H and O–H groups in total. The molecule has 8 heteroatoms. The predicted octanol–water partition coefficient (Wildman–Crippen LogP) is -2.22. The van der Waals surface area contributed by atoms with E-state index in [2.05, 4.69) is 10.2 Å². The van der Waals surface area contributed by atoms with Crippen molar-refractivity contribution in [3.05, 3.63) is 0 Å². The molecule has 0 aromatic rings. The Balaban J connectivity index is 1.81. The number of nitrogens with zero attached hydrogens (tertiary/aromatic N) is 2. The van der Waals surface area contributed by atoms with Gasteiger partial charge in [-0.05, 0) is 0 Å². The molecule has 2 aliphatic heterocycles. The smallest absolute Gasteiger partial charge is 0.224 e. The molecule has 0 aromatic heterocycles. The third-order valence-corrected chi connectivity index (χ3v) is 4.78. The van der Waals surface area contributed by atoms with E-state index < -0.39 is 15.3 Å². The summed E-state index contributed by atoms with van der Waals surface area (Å²) >= 11 is 0. The minimum atomic E-state index is -3.60. The number of piperazine rings is 1. The summed E-state index contributed by atoms with van der Waals surface area (Å²) < 4.78 is 22.4. The summed E-state index contributed by atoms with van der Waals surface area (Å²) in [6.45, 7) is 5.50. The van der Waals surface area contributed by atoms with E-state index in [0.717, 1.165) is 32.7 Å². The van der Waals surface area contributed by atoms with E-state index in [4.69, 9.17) is 5.14 Å². The summed E-state index contributed by atoms with van der Waals surface area (Å²) in [5.41, 5.74) is 0. The van der Waals surface area contributed by atoms with Crippen LogP contribution in [0.5, 0.6) is 0 Å². The number of hydrogen-bond acceptors (Lipinski definition) is 5. The highest BCUT2D eigenvalue weighted by atomic mass is 32.2. The van der Waals surface area contributed by atoms with Crippen LogP contribution in [-0.2, 0) is 14.8 Å². The monoisotopic (exact) mass is 276 g/mol. The average Bonchev–Trinajstić information content (AvgIpc) is 2.69. The van der Waals surface area contributed by atoms with E-state index in [1.165, 1.54) is 0 Å². The van der Waals surface area contributed by atoms with Gasteiger partial charge in [0.15, 0.2) is 0 Å². The Kier molecular flexibility index (Phi) is 4.21. The molecule has 1 amide bonds. The molecule has 0 bridgehead atoms. The van der Waals surface area contributed by atoms with Crippen LogP contribution < -0.4 is 10.5 Å². The first kappa shape index (κ1) is 13.7. The molecule has 2 fully saturated rings. The van der Waals surface area contributed by atoms with Gasteiger partial charge in [0, 0.05) is 52.2 Å². The maximum absolute atomic E-state index is 11.7. The van der Waals surface area contributed by atoms with Crippen molar-refractivity contribution in [1.29, 1.82) is 0 Å². The van der Waals surface area contributed by atoms with Gasteiger partial charge in [-0.3, -0.25) is 9.69 Å². The first-order valence-corrected chi connectivity index (χ1v) is 7.80. The molecule has 2 saturated heterocycles. The number of nitrogens with two attached hydrogens (primary N) is 1. The van der Waals surface area contributed by atoms with Gasteiger partial charge in [0.05, 0.1) is 0 Å². The molecule has 18 heavy (non-hydrogen) atoms. The fourth-order valence-corrected chi connectivity index (χ4v) is 3.13. The Labute approximate surface area is 107 Å². The lowest BCUT2D eigenvalue weighted by atomic mass is 10.3. The zero-order valence-electron chi connectivity index (χ0n) is 10.3. The molecule has 0 saturated carbocycles. The van der Waals surface area contributed by atoms with Crippen LogP contribution in [0, 0.1) is 0 Å². The molecule has 2 aliphatic rings.